The zero-order valence-corrected chi connectivity index (χ0v) is 30.5. The molecule has 0 amide bonds. The molecule has 252 valence electrons. The highest BCUT2D eigenvalue weighted by atomic mass is 15.1. The third kappa shape index (κ3) is 4.08. The molecule has 9 aromatic carbocycles. The molecule has 53 heavy (non-hydrogen) atoms. The largest absolute Gasteiger partial charge is 0.309 e. The van der Waals surface area contributed by atoms with Gasteiger partial charge in [-0.25, -0.2) is 0 Å². The van der Waals surface area contributed by atoms with Crippen LogP contribution in [0.2, 0.25) is 0 Å². The molecular formula is C52H39N. The first-order chi connectivity index (χ1) is 25.8. The first-order valence-electron chi connectivity index (χ1n) is 18.9. The molecule has 0 unspecified atom stereocenters. The minimum atomic E-state index is -0.183. The highest BCUT2D eigenvalue weighted by Gasteiger charge is 2.41. The standard InChI is InChI=1S/C52H39N/c1-51(2)44-29-34-18-9-8-17-33(34)28-41(44)49-39-24-14-12-22-37(39)47(31-45(49)51)53(35-19-6-5-7-20-35)46-30-42-48-36-21-11-10-16-32(36)26-27-43(48)52(3,4)50(42)40-25-15-13-23-38(40)46/h5-31H,1-4H3. The summed E-state index contributed by atoms with van der Waals surface area (Å²) >= 11 is 0. The summed E-state index contributed by atoms with van der Waals surface area (Å²) in [7, 11) is 0. The molecule has 1 heteroatoms. The van der Waals surface area contributed by atoms with E-state index < -0.39 is 0 Å². The number of hydrogen-bond acceptors (Lipinski definition) is 1. The zero-order chi connectivity index (χ0) is 35.6. The van der Waals surface area contributed by atoms with E-state index in [9.17, 15) is 0 Å². The summed E-state index contributed by atoms with van der Waals surface area (Å²) in [6.45, 7) is 9.63. The van der Waals surface area contributed by atoms with E-state index in [0.29, 0.717) is 0 Å². The number of para-hydroxylation sites is 1. The van der Waals surface area contributed by atoms with Gasteiger partial charge in [0.25, 0.3) is 0 Å². The Kier molecular flexibility index (Phi) is 6.14. The number of anilines is 3. The van der Waals surface area contributed by atoms with Crippen molar-refractivity contribution in [1.29, 1.82) is 0 Å². The number of hydrogen-bond donors (Lipinski definition) is 0. The lowest BCUT2D eigenvalue weighted by atomic mass is 9.79. The highest BCUT2D eigenvalue weighted by molar-refractivity contribution is 6.15. The van der Waals surface area contributed by atoms with Gasteiger partial charge in [0.15, 0.2) is 0 Å². The number of rotatable bonds is 3. The van der Waals surface area contributed by atoms with Gasteiger partial charge >= 0.3 is 0 Å². The zero-order valence-electron chi connectivity index (χ0n) is 30.5. The molecule has 0 saturated heterocycles. The second-order valence-electron chi connectivity index (χ2n) is 16.1. The molecule has 0 radical (unpaired) electrons. The van der Waals surface area contributed by atoms with E-state index in [1.807, 2.05) is 0 Å². The molecule has 0 aliphatic heterocycles. The molecule has 0 aromatic heterocycles. The molecule has 2 aliphatic carbocycles. The van der Waals surface area contributed by atoms with E-state index in [0.717, 1.165) is 5.69 Å². The third-order valence-electron chi connectivity index (χ3n) is 12.5. The molecule has 2 aliphatic rings. The van der Waals surface area contributed by atoms with E-state index in [1.54, 1.807) is 0 Å². The fourth-order valence-electron chi connectivity index (χ4n) is 10.0. The van der Waals surface area contributed by atoms with Crippen LogP contribution in [0.5, 0.6) is 0 Å². The summed E-state index contributed by atoms with van der Waals surface area (Å²) in [5.74, 6) is 0. The molecule has 0 fully saturated rings. The second kappa shape index (κ2) is 10.7. The van der Waals surface area contributed by atoms with Gasteiger partial charge in [0.1, 0.15) is 0 Å². The fourth-order valence-corrected chi connectivity index (χ4v) is 10.0. The van der Waals surface area contributed by atoms with Crippen LogP contribution in [0.3, 0.4) is 0 Å². The van der Waals surface area contributed by atoms with Crippen molar-refractivity contribution in [2.24, 2.45) is 0 Å². The van der Waals surface area contributed by atoms with Crippen LogP contribution in [-0.4, -0.2) is 0 Å². The van der Waals surface area contributed by atoms with Crippen LogP contribution >= 0.6 is 0 Å². The smallest absolute Gasteiger partial charge is 0.0546 e. The monoisotopic (exact) mass is 677 g/mol. The van der Waals surface area contributed by atoms with Gasteiger partial charge in [-0.1, -0.05) is 155 Å². The van der Waals surface area contributed by atoms with Gasteiger partial charge in [-0.3, -0.25) is 0 Å². The van der Waals surface area contributed by atoms with Crippen molar-refractivity contribution in [3.05, 3.63) is 186 Å². The minimum Gasteiger partial charge on any atom is -0.309 e. The van der Waals surface area contributed by atoms with Crippen molar-refractivity contribution < 1.29 is 0 Å². The Morgan fingerprint density at radius 2 is 0.906 bits per heavy atom. The second-order valence-corrected chi connectivity index (χ2v) is 16.1. The van der Waals surface area contributed by atoms with Crippen molar-refractivity contribution in [1.82, 2.24) is 0 Å². The molecule has 0 atom stereocenters. The molecule has 9 aromatic rings. The van der Waals surface area contributed by atoms with E-state index in [2.05, 4.69) is 196 Å². The quantitative estimate of drug-likeness (QED) is 0.180. The van der Waals surface area contributed by atoms with Crippen molar-refractivity contribution in [3.8, 4) is 22.3 Å². The third-order valence-corrected chi connectivity index (χ3v) is 12.5. The van der Waals surface area contributed by atoms with Gasteiger partial charge in [0.2, 0.25) is 0 Å². The van der Waals surface area contributed by atoms with Crippen molar-refractivity contribution in [3.63, 3.8) is 0 Å². The Bertz CT molecular complexity index is 3000. The van der Waals surface area contributed by atoms with Gasteiger partial charge in [-0.05, 0) is 113 Å². The van der Waals surface area contributed by atoms with Crippen LogP contribution in [-0.2, 0) is 10.8 Å². The Morgan fingerprint density at radius 1 is 0.358 bits per heavy atom. The maximum Gasteiger partial charge on any atom is 0.0546 e. The number of fused-ring (bicyclic) bond motifs is 13. The molecule has 0 saturated carbocycles. The Morgan fingerprint density at radius 3 is 1.64 bits per heavy atom. The highest BCUT2D eigenvalue weighted by Crippen LogP contribution is 2.58. The molecular weight excluding hydrogens is 639 g/mol. The predicted molar refractivity (Wildman–Crippen MR) is 226 cm³/mol. The molecule has 11 rings (SSSR count). The van der Waals surface area contributed by atoms with Crippen LogP contribution < -0.4 is 4.90 Å². The summed E-state index contributed by atoms with van der Waals surface area (Å²) in [5, 5.41) is 10.3. The summed E-state index contributed by atoms with van der Waals surface area (Å²) in [4.78, 5) is 2.55. The van der Waals surface area contributed by atoms with E-state index in [1.165, 1.54) is 99.0 Å². The summed E-state index contributed by atoms with van der Waals surface area (Å²) in [6.07, 6.45) is 0. The molecule has 1 nitrogen and oxygen atoms in total. The van der Waals surface area contributed by atoms with Crippen LogP contribution in [0.25, 0.3) is 65.3 Å². The number of benzene rings is 9. The van der Waals surface area contributed by atoms with Crippen LogP contribution in [0.15, 0.2) is 164 Å². The van der Waals surface area contributed by atoms with Crippen molar-refractivity contribution >= 4 is 60.2 Å². The predicted octanol–water partition coefficient (Wildman–Crippen LogP) is 14.4. The van der Waals surface area contributed by atoms with E-state index in [4.69, 9.17) is 0 Å². The SMILES string of the molecule is CC1(C)c2cc3ccccc3cc2-c2c1cc(N(c1ccccc1)c1cc3c(c4ccccc14)C(C)(C)c1ccc4ccccc4c1-3)c1ccccc21. The van der Waals surface area contributed by atoms with Gasteiger partial charge < -0.3 is 4.90 Å². The van der Waals surface area contributed by atoms with Crippen molar-refractivity contribution in [2.75, 3.05) is 4.90 Å². The summed E-state index contributed by atoms with van der Waals surface area (Å²) < 4.78 is 0. The molecule has 0 bridgehead atoms. The Labute approximate surface area is 310 Å². The lowest BCUT2D eigenvalue weighted by Gasteiger charge is -2.32. The van der Waals surface area contributed by atoms with E-state index in [-0.39, 0.29) is 10.8 Å². The topological polar surface area (TPSA) is 3.24 Å². The summed E-state index contributed by atoms with van der Waals surface area (Å²) in [6, 6.07) is 61.4. The maximum absolute atomic E-state index is 2.55. The van der Waals surface area contributed by atoms with Gasteiger partial charge in [0, 0.05) is 27.3 Å². The first-order valence-corrected chi connectivity index (χ1v) is 18.9. The van der Waals surface area contributed by atoms with Gasteiger partial charge in [-0.2, -0.15) is 0 Å². The van der Waals surface area contributed by atoms with E-state index >= 15 is 0 Å². The lowest BCUT2D eigenvalue weighted by Crippen LogP contribution is -2.18. The molecule has 0 spiro atoms. The van der Waals surface area contributed by atoms with Crippen molar-refractivity contribution in [2.45, 2.75) is 38.5 Å². The van der Waals surface area contributed by atoms with Gasteiger partial charge in [-0.15, -0.1) is 0 Å². The van der Waals surface area contributed by atoms with Gasteiger partial charge in [0.05, 0.1) is 11.4 Å². The lowest BCUT2D eigenvalue weighted by molar-refractivity contribution is 0.661. The first kappa shape index (κ1) is 30.4. The fraction of sp³-hybridized carbons (Fsp3) is 0.115. The van der Waals surface area contributed by atoms with Crippen LogP contribution in [0, 0.1) is 0 Å². The average molecular weight is 678 g/mol. The van der Waals surface area contributed by atoms with Crippen LogP contribution in [0.4, 0.5) is 17.1 Å². The normalized spacial score (nSPS) is 14.7. The van der Waals surface area contributed by atoms with Crippen LogP contribution in [0.1, 0.15) is 49.9 Å². The molecule has 0 heterocycles. The average Bonchev–Trinajstić information content (AvgIpc) is 3.56. The summed E-state index contributed by atoms with van der Waals surface area (Å²) in [5.41, 5.74) is 14.2. The molecule has 0 N–H and O–H groups in total. The Balaban J connectivity index is 1.26. The number of nitrogens with zero attached hydrogens (tertiary/aromatic N) is 1. The Hall–Kier alpha value is -6.18. The maximum atomic E-state index is 2.55. The minimum absolute atomic E-state index is 0.149.